The molecule has 0 radical (unpaired) electrons. The number of amides is 1. The van der Waals surface area contributed by atoms with Gasteiger partial charge in [0.15, 0.2) is 5.65 Å². The first-order valence-electron chi connectivity index (χ1n) is 16.6. The van der Waals surface area contributed by atoms with Gasteiger partial charge in [-0.05, 0) is 49.9 Å². The van der Waals surface area contributed by atoms with Gasteiger partial charge in [-0.2, -0.15) is 5.10 Å². The van der Waals surface area contributed by atoms with E-state index in [0.29, 0.717) is 18.9 Å². The van der Waals surface area contributed by atoms with Crippen molar-refractivity contribution in [3.63, 3.8) is 0 Å². The summed E-state index contributed by atoms with van der Waals surface area (Å²) in [5.74, 6) is 2.42. The van der Waals surface area contributed by atoms with Crippen molar-refractivity contribution < 1.29 is 9.18 Å². The summed E-state index contributed by atoms with van der Waals surface area (Å²) in [7, 11) is 0. The highest BCUT2D eigenvalue weighted by Gasteiger charge is 2.26. The number of carbonyl (C=O) groups excluding carboxylic acids is 1. The highest BCUT2D eigenvalue weighted by molar-refractivity contribution is 5.91. The monoisotopic (exact) mass is 576 g/mol. The summed E-state index contributed by atoms with van der Waals surface area (Å²) in [6, 6.07) is 6.45. The van der Waals surface area contributed by atoms with Crippen molar-refractivity contribution in [2.75, 3.05) is 31.1 Å². The van der Waals surface area contributed by atoms with Crippen LogP contribution in [0, 0.1) is 18.7 Å². The quantitative estimate of drug-likeness (QED) is 0.208. The Morgan fingerprint density at radius 3 is 2.38 bits per heavy atom. The minimum atomic E-state index is -0.268. The maximum atomic E-state index is 13.7. The number of aromatic nitrogens is 4. The third kappa shape index (κ3) is 7.67. The Bertz CT molecular complexity index is 1300. The number of carbonyl (C=O) groups is 1. The van der Waals surface area contributed by atoms with Gasteiger partial charge >= 0.3 is 0 Å². The average Bonchev–Trinajstić information content (AvgIpc) is 3.16. The fourth-order valence-corrected chi connectivity index (χ4v) is 6.71. The fourth-order valence-electron chi connectivity index (χ4n) is 6.71. The maximum Gasteiger partial charge on any atom is 0.222 e. The number of nitrogens with zero attached hydrogens (tertiary/aromatic N) is 6. The van der Waals surface area contributed by atoms with Crippen LogP contribution in [0.1, 0.15) is 108 Å². The molecule has 0 spiro atoms. The molecule has 2 aliphatic rings. The summed E-state index contributed by atoms with van der Waals surface area (Å²) >= 11 is 0. The highest BCUT2D eigenvalue weighted by Crippen LogP contribution is 2.32. The van der Waals surface area contributed by atoms with Crippen molar-refractivity contribution in [3.05, 3.63) is 41.6 Å². The molecule has 1 saturated heterocycles. The van der Waals surface area contributed by atoms with Crippen LogP contribution in [0.3, 0.4) is 0 Å². The molecule has 2 fully saturated rings. The second-order valence-electron chi connectivity index (χ2n) is 12.4. The molecule has 3 heterocycles. The van der Waals surface area contributed by atoms with E-state index < -0.39 is 0 Å². The number of halogens is 1. The average molecular weight is 577 g/mol. The molecule has 7 nitrogen and oxygen atoms in total. The van der Waals surface area contributed by atoms with E-state index in [1.807, 2.05) is 11.6 Å². The number of unbranched alkanes of at least 4 members (excludes halogenated alkanes) is 6. The predicted octanol–water partition coefficient (Wildman–Crippen LogP) is 7.57. The van der Waals surface area contributed by atoms with E-state index in [1.54, 1.807) is 12.1 Å². The van der Waals surface area contributed by atoms with Crippen molar-refractivity contribution in [2.24, 2.45) is 5.92 Å². The molecule has 5 rings (SSSR count). The Balaban J connectivity index is 1.34. The van der Waals surface area contributed by atoms with E-state index in [4.69, 9.17) is 15.1 Å². The molecule has 0 bridgehead atoms. The zero-order valence-electron chi connectivity index (χ0n) is 25.8. The normalized spacial score (nSPS) is 16.7. The molecule has 1 amide bonds. The van der Waals surface area contributed by atoms with Crippen LogP contribution in [-0.4, -0.2) is 56.7 Å². The number of rotatable bonds is 12. The van der Waals surface area contributed by atoms with Gasteiger partial charge in [0.25, 0.3) is 0 Å². The molecular formula is C34H49FN6O. The zero-order chi connectivity index (χ0) is 29.3. The van der Waals surface area contributed by atoms with E-state index in [1.165, 1.54) is 76.3 Å². The van der Waals surface area contributed by atoms with Gasteiger partial charge in [0, 0.05) is 39.0 Å². The van der Waals surface area contributed by atoms with Gasteiger partial charge in [0.1, 0.15) is 17.5 Å². The third-order valence-corrected chi connectivity index (χ3v) is 9.14. The van der Waals surface area contributed by atoms with Gasteiger partial charge in [0.2, 0.25) is 5.91 Å². The third-order valence-electron chi connectivity index (χ3n) is 9.14. The van der Waals surface area contributed by atoms with Gasteiger partial charge in [-0.1, -0.05) is 77.6 Å². The van der Waals surface area contributed by atoms with E-state index in [0.717, 1.165) is 79.4 Å². The number of aryl methyl sites for hydroxylation is 1. The molecule has 0 N–H and O–H groups in total. The number of hydrogen-bond donors (Lipinski definition) is 0. The van der Waals surface area contributed by atoms with Crippen molar-refractivity contribution in [1.29, 1.82) is 0 Å². The van der Waals surface area contributed by atoms with Gasteiger partial charge in [-0.3, -0.25) is 4.79 Å². The molecule has 42 heavy (non-hydrogen) atoms. The Morgan fingerprint density at radius 2 is 1.62 bits per heavy atom. The van der Waals surface area contributed by atoms with Crippen LogP contribution in [0.5, 0.6) is 0 Å². The summed E-state index contributed by atoms with van der Waals surface area (Å²) in [6.07, 6.45) is 17.3. The number of fused-ring (bicyclic) bond motifs is 1. The molecule has 0 atom stereocenters. The largest absolute Gasteiger partial charge is 0.354 e. The lowest BCUT2D eigenvalue weighted by Crippen LogP contribution is -2.35. The molecule has 1 aliphatic heterocycles. The number of anilines is 1. The van der Waals surface area contributed by atoms with E-state index >= 15 is 0 Å². The van der Waals surface area contributed by atoms with Crippen molar-refractivity contribution >= 4 is 22.8 Å². The molecule has 0 unspecified atom stereocenters. The second kappa shape index (κ2) is 14.9. The summed E-state index contributed by atoms with van der Waals surface area (Å²) in [4.78, 5) is 27.8. The van der Waals surface area contributed by atoms with E-state index in [9.17, 15) is 9.18 Å². The molecule has 228 valence electrons. The van der Waals surface area contributed by atoms with Crippen LogP contribution in [-0.2, 0) is 11.2 Å². The molecule has 1 saturated carbocycles. The first-order chi connectivity index (χ1) is 20.5. The van der Waals surface area contributed by atoms with Crippen LogP contribution in [0.2, 0.25) is 0 Å². The lowest BCUT2D eigenvalue weighted by atomic mass is 9.87. The molecule has 1 aromatic carbocycles. The van der Waals surface area contributed by atoms with Gasteiger partial charge in [-0.25, -0.2) is 19.0 Å². The van der Waals surface area contributed by atoms with Crippen molar-refractivity contribution in [1.82, 2.24) is 24.6 Å². The minimum Gasteiger partial charge on any atom is -0.354 e. The van der Waals surface area contributed by atoms with Gasteiger partial charge in [-0.15, -0.1) is 0 Å². The molecule has 3 aromatic rings. The van der Waals surface area contributed by atoms with Crippen molar-refractivity contribution in [3.8, 4) is 5.69 Å². The first-order valence-corrected chi connectivity index (χ1v) is 16.6. The summed E-state index contributed by atoms with van der Waals surface area (Å²) in [5.41, 5.74) is 2.44. The summed E-state index contributed by atoms with van der Waals surface area (Å²) in [5, 5.41) is 5.82. The fraction of sp³-hybridized carbons (Fsp3) is 0.647. The molecule has 2 aromatic heterocycles. The molecule has 1 aliphatic carbocycles. The lowest BCUT2D eigenvalue weighted by molar-refractivity contribution is -0.131. The van der Waals surface area contributed by atoms with Gasteiger partial charge < -0.3 is 9.80 Å². The summed E-state index contributed by atoms with van der Waals surface area (Å²) in [6.45, 7) is 7.35. The van der Waals surface area contributed by atoms with E-state index in [2.05, 4.69) is 16.7 Å². The zero-order valence-corrected chi connectivity index (χ0v) is 25.8. The Kier molecular flexibility index (Phi) is 10.8. The highest BCUT2D eigenvalue weighted by atomic mass is 19.1. The van der Waals surface area contributed by atoms with Gasteiger partial charge in [0.05, 0.1) is 16.8 Å². The SMILES string of the molecule is CCCCCCCCCC(=O)N1CCCN(c2nc(CC3CCCCC3)nc3c2c(C)nn3-c2ccc(F)cc2)CC1. The minimum absolute atomic E-state index is 0.268. The topological polar surface area (TPSA) is 67.2 Å². The standard InChI is InChI=1S/C34H49FN6O/c1-3-4-5-6-7-8-12-16-31(42)39-21-13-22-40(24-23-39)33-32-26(2)38-41(29-19-17-28(35)18-20-29)34(32)37-30(36-33)25-27-14-10-9-11-15-27/h17-20,27H,3-16,21-25H2,1-2H3. The van der Waals surface area contributed by atoms with Crippen LogP contribution >= 0.6 is 0 Å². The number of benzene rings is 1. The smallest absolute Gasteiger partial charge is 0.222 e. The second-order valence-corrected chi connectivity index (χ2v) is 12.4. The van der Waals surface area contributed by atoms with Crippen molar-refractivity contribution in [2.45, 2.75) is 110 Å². The van der Waals surface area contributed by atoms with Crippen LogP contribution in [0.4, 0.5) is 10.2 Å². The van der Waals surface area contributed by atoms with Crippen LogP contribution in [0.15, 0.2) is 24.3 Å². The lowest BCUT2D eigenvalue weighted by Gasteiger charge is -2.25. The maximum absolute atomic E-state index is 13.7. The first kappa shape index (κ1) is 30.4. The Labute approximate surface area is 250 Å². The molecule has 8 heteroatoms. The van der Waals surface area contributed by atoms with Crippen LogP contribution in [0.25, 0.3) is 16.7 Å². The van der Waals surface area contributed by atoms with Crippen LogP contribution < -0.4 is 4.90 Å². The van der Waals surface area contributed by atoms with E-state index in [-0.39, 0.29) is 11.7 Å². The molecular weight excluding hydrogens is 527 g/mol. The predicted molar refractivity (Wildman–Crippen MR) is 168 cm³/mol. The number of hydrogen-bond acceptors (Lipinski definition) is 5. The Hall–Kier alpha value is -3.03. The Morgan fingerprint density at radius 1 is 0.881 bits per heavy atom. The summed E-state index contributed by atoms with van der Waals surface area (Å²) < 4.78 is 15.6.